The van der Waals surface area contributed by atoms with Crippen LogP contribution in [-0.2, 0) is 0 Å². The maximum atomic E-state index is 3.69. The van der Waals surface area contributed by atoms with Crippen molar-refractivity contribution in [2.75, 3.05) is 5.32 Å². The minimum atomic E-state index is 1.18. The van der Waals surface area contributed by atoms with Gasteiger partial charge in [0.05, 0.1) is 11.4 Å². The van der Waals surface area contributed by atoms with Gasteiger partial charge >= 0.3 is 0 Å². The number of anilines is 2. The largest absolute Gasteiger partial charge is 0.353 e. The zero-order chi connectivity index (χ0) is 18.5. The van der Waals surface area contributed by atoms with Crippen molar-refractivity contribution in [1.82, 2.24) is 0 Å². The summed E-state index contributed by atoms with van der Waals surface area (Å²) >= 11 is 1.84. The van der Waals surface area contributed by atoms with Crippen molar-refractivity contribution in [3.05, 3.63) is 97.1 Å². The van der Waals surface area contributed by atoms with Crippen molar-refractivity contribution >= 4 is 44.7 Å². The van der Waals surface area contributed by atoms with Crippen molar-refractivity contribution < 1.29 is 0 Å². The lowest BCUT2D eigenvalue weighted by molar-refractivity contribution is 1.32. The van der Waals surface area contributed by atoms with Crippen LogP contribution < -0.4 is 5.32 Å². The van der Waals surface area contributed by atoms with E-state index in [1.807, 2.05) is 11.8 Å². The van der Waals surface area contributed by atoms with Gasteiger partial charge in [0.15, 0.2) is 0 Å². The van der Waals surface area contributed by atoms with E-state index >= 15 is 0 Å². The van der Waals surface area contributed by atoms with E-state index in [0.29, 0.717) is 0 Å². The van der Waals surface area contributed by atoms with Gasteiger partial charge in [-0.15, -0.1) is 0 Å². The van der Waals surface area contributed by atoms with Gasteiger partial charge in [-0.3, -0.25) is 0 Å². The Morgan fingerprint density at radius 3 is 2.14 bits per heavy atom. The molecule has 0 bridgehead atoms. The third-order valence-corrected chi connectivity index (χ3v) is 6.57. The summed E-state index contributed by atoms with van der Waals surface area (Å²) in [4.78, 5) is 2.55. The molecule has 6 rings (SSSR count). The van der Waals surface area contributed by atoms with Gasteiger partial charge in [-0.1, -0.05) is 78.5 Å². The zero-order valence-electron chi connectivity index (χ0n) is 15.1. The van der Waals surface area contributed by atoms with Crippen LogP contribution in [-0.4, -0.2) is 0 Å². The second-order valence-electron chi connectivity index (χ2n) is 7.13. The van der Waals surface area contributed by atoms with Crippen LogP contribution in [0.1, 0.15) is 0 Å². The number of fused-ring (bicyclic) bond motifs is 4. The molecule has 0 atom stereocenters. The van der Waals surface area contributed by atoms with Gasteiger partial charge in [0.2, 0.25) is 0 Å². The molecule has 28 heavy (non-hydrogen) atoms. The molecule has 5 aromatic carbocycles. The smallest absolute Gasteiger partial charge is 0.0606 e. The Labute approximate surface area is 168 Å². The number of para-hydroxylation sites is 2. The molecule has 0 radical (unpaired) electrons. The van der Waals surface area contributed by atoms with E-state index in [9.17, 15) is 0 Å². The molecule has 0 unspecified atom stereocenters. The molecule has 2 heteroatoms. The first-order valence-electron chi connectivity index (χ1n) is 9.46. The highest BCUT2D eigenvalue weighted by Crippen LogP contribution is 2.48. The standard InChI is InChI=1S/C26H17NS/c1-2-8-18-16-22-19(15-17(18)7-1)9-5-10-20(22)21-11-6-14-25-26(21)27-23-12-3-4-13-24(23)28-25/h1-16,27H. The van der Waals surface area contributed by atoms with Crippen molar-refractivity contribution in [3.8, 4) is 11.1 Å². The van der Waals surface area contributed by atoms with Gasteiger partial charge in [-0.25, -0.2) is 0 Å². The van der Waals surface area contributed by atoms with Crippen LogP contribution in [0.4, 0.5) is 11.4 Å². The van der Waals surface area contributed by atoms with E-state index in [4.69, 9.17) is 0 Å². The van der Waals surface area contributed by atoms with Crippen LogP contribution in [0.3, 0.4) is 0 Å². The average molecular weight is 375 g/mol. The monoisotopic (exact) mass is 375 g/mol. The number of rotatable bonds is 1. The molecule has 0 spiro atoms. The Morgan fingerprint density at radius 1 is 0.536 bits per heavy atom. The quantitative estimate of drug-likeness (QED) is 0.293. The lowest BCUT2D eigenvalue weighted by Gasteiger charge is -2.24. The van der Waals surface area contributed by atoms with Crippen LogP contribution in [0.2, 0.25) is 0 Å². The van der Waals surface area contributed by atoms with E-state index in [1.54, 1.807) is 0 Å². The fraction of sp³-hybridized carbons (Fsp3) is 0. The van der Waals surface area contributed by atoms with E-state index in [0.717, 1.165) is 0 Å². The summed E-state index contributed by atoms with van der Waals surface area (Å²) in [7, 11) is 0. The Hall–Kier alpha value is -3.23. The zero-order valence-corrected chi connectivity index (χ0v) is 16.0. The van der Waals surface area contributed by atoms with Gasteiger partial charge in [-0.05, 0) is 57.4 Å². The lowest BCUT2D eigenvalue weighted by atomic mass is 9.94. The number of benzene rings is 5. The highest BCUT2D eigenvalue weighted by atomic mass is 32.2. The minimum absolute atomic E-state index is 1.18. The molecule has 0 aliphatic carbocycles. The van der Waals surface area contributed by atoms with Crippen molar-refractivity contribution in [2.24, 2.45) is 0 Å². The van der Waals surface area contributed by atoms with Crippen molar-refractivity contribution in [2.45, 2.75) is 9.79 Å². The summed E-state index contributed by atoms with van der Waals surface area (Å²) in [5.41, 5.74) is 4.90. The summed E-state index contributed by atoms with van der Waals surface area (Å²) in [6.45, 7) is 0. The normalized spacial score (nSPS) is 12.4. The molecule has 1 N–H and O–H groups in total. The molecule has 0 saturated heterocycles. The summed E-state index contributed by atoms with van der Waals surface area (Å²) < 4.78 is 0. The Kier molecular flexibility index (Phi) is 3.47. The molecule has 1 aliphatic heterocycles. The van der Waals surface area contributed by atoms with Gasteiger partial charge < -0.3 is 5.32 Å². The van der Waals surface area contributed by atoms with Crippen molar-refractivity contribution in [3.63, 3.8) is 0 Å². The summed E-state index contributed by atoms with van der Waals surface area (Å²) in [5, 5.41) is 8.82. The van der Waals surface area contributed by atoms with E-state index in [2.05, 4.69) is 102 Å². The van der Waals surface area contributed by atoms with Crippen LogP contribution >= 0.6 is 11.8 Å². The number of nitrogens with one attached hydrogen (secondary N) is 1. The van der Waals surface area contributed by atoms with E-state index < -0.39 is 0 Å². The van der Waals surface area contributed by atoms with Crippen LogP contribution in [0.15, 0.2) is 107 Å². The summed E-state index contributed by atoms with van der Waals surface area (Å²) in [5.74, 6) is 0. The van der Waals surface area contributed by atoms with Gasteiger partial charge in [0.1, 0.15) is 0 Å². The molecule has 0 fully saturated rings. The fourth-order valence-corrected chi connectivity index (χ4v) is 5.11. The van der Waals surface area contributed by atoms with Crippen LogP contribution in [0.5, 0.6) is 0 Å². The molecule has 1 aliphatic rings. The summed E-state index contributed by atoms with van der Waals surface area (Å²) in [6.07, 6.45) is 0. The topological polar surface area (TPSA) is 12.0 Å². The molecule has 1 nitrogen and oxygen atoms in total. The van der Waals surface area contributed by atoms with Gasteiger partial charge in [-0.2, -0.15) is 0 Å². The van der Waals surface area contributed by atoms with E-state index in [1.165, 1.54) is 53.8 Å². The first kappa shape index (κ1) is 15.8. The third-order valence-electron chi connectivity index (χ3n) is 5.43. The molecular weight excluding hydrogens is 358 g/mol. The predicted molar refractivity (Wildman–Crippen MR) is 121 cm³/mol. The Bertz CT molecular complexity index is 1370. The van der Waals surface area contributed by atoms with Gasteiger partial charge in [0.25, 0.3) is 0 Å². The second-order valence-corrected chi connectivity index (χ2v) is 8.21. The van der Waals surface area contributed by atoms with Gasteiger partial charge in [0, 0.05) is 15.4 Å². The van der Waals surface area contributed by atoms with Crippen molar-refractivity contribution in [1.29, 1.82) is 0 Å². The first-order valence-corrected chi connectivity index (χ1v) is 10.3. The fourth-order valence-electron chi connectivity index (χ4n) is 4.08. The molecule has 0 aromatic heterocycles. The molecular formula is C26H17NS. The highest BCUT2D eigenvalue weighted by Gasteiger charge is 2.19. The molecule has 1 heterocycles. The lowest BCUT2D eigenvalue weighted by Crippen LogP contribution is -2.01. The van der Waals surface area contributed by atoms with Crippen LogP contribution in [0, 0.1) is 0 Å². The average Bonchev–Trinajstić information content (AvgIpc) is 2.75. The molecule has 5 aromatic rings. The number of hydrogen-bond acceptors (Lipinski definition) is 2. The molecule has 0 amide bonds. The Balaban J connectivity index is 1.60. The predicted octanol–water partition coefficient (Wildman–Crippen LogP) is 7.87. The number of hydrogen-bond donors (Lipinski definition) is 1. The maximum Gasteiger partial charge on any atom is 0.0606 e. The highest BCUT2D eigenvalue weighted by molar-refractivity contribution is 7.99. The van der Waals surface area contributed by atoms with E-state index in [-0.39, 0.29) is 0 Å². The first-order chi connectivity index (χ1) is 13.9. The van der Waals surface area contributed by atoms with Crippen LogP contribution in [0.25, 0.3) is 32.7 Å². The third kappa shape index (κ3) is 2.42. The second kappa shape index (κ2) is 6.15. The summed E-state index contributed by atoms with van der Waals surface area (Å²) in [6, 6.07) is 34.9. The Morgan fingerprint density at radius 2 is 1.21 bits per heavy atom. The molecule has 132 valence electrons. The molecule has 0 saturated carbocycles. The SMILES string of the molecule is c1ccc2c(c1)Nc1c(cccc1-c1cccc3cc4ccccc4cc13)S2. The minimum Gasteiger partial charge on any atom is -0.353 e. The maximum absolute atomic E-state index is 3.69.